The number of benzene rings is 1. The van der Waals surface area contributed by atoms with Crippen molar-refractivity contribution in [2.24, 2.45) is 0 Å². The molecule has 1 aromatic carbocycles. The fraction of sp³-hybridized carbons (Fsp3) is 0.267. The Kier molecular flexibility index (Phi) is 4.65. The third-order valence-electron chi connectivity index (χ3n) is 2.89. The molecule has 0 aliphatic rings. The number of rotatable bonds is 6. The Hall–Kier alpha value is -2.43. The highest BCUT2D eigenvalue weighted by molar-refractivity contribution is 5.66. The monoisotopic (exact) mass is 271 g/mol. The number of nitrogens with one attached hydrogen (secondary N) is 1. The number of nitrogens with zero attached hydrogens (tertiary/aromatic N) is 2. The highest BCUT2D eigenvalue weighted by Crippen LogP contribution is 2.15. The number of aliphatic carboxylic acids is 1. The minimum atomic E-state index is -0.783. The number of anilines is 1. The van der Waals surface area contributed by atoms with Gasteiger partial charge in [-0.25, -0.2) is 9.97 Å². The molecule has 2 N–H and O–H groups in total. The van der Waals surface area contributed by atoms with Crippen LogP contribution in [0.25, 0.3) is 11.4 Å². The van der Waals surface area contributed by atoms with E-state index in [4.69, 9.17) is 5.11 Å². The van der Waals surface area contributed by atoms with Crippen molar-refractivity contribution in [3.05, 3.63) is 42.7 Å². The van der Waals surface area contributed by atoms with Crippen LogP contribution >= 0.6 is 0 Å². The Morgan fingerprint density at radius 3 is 2.50 bits per heavy atom. The van der Waals surface area contributed by atoms with E-state index in [1.807, 2.05) is 37.3 Å². The van der Waals surface area contributed by atoms with Gasteiger partial charge in [0.2, 0.25) is 0 Å². The summed E-state index contributed by atoms with van der Waals surface area (Å²) in [6, 6.07) is 9.81. The summed E-state index contributed by atoms with van der Waals surface area (Å²) in [6.07, 6.45) is 4.14. The number of hydrogen-bond donors (Lipinski definition) is 2. The highest BCUT2D eigenvalue weighted by Gasteiger charge is 2.06. The van der Waals surface area contributed by atoms with Gasteiger partial charge in [-0.2, -0.15) is 0 Å². The maximum absolute atomic E-state index is 10.5. The van der Waals surface area contributed by atoms with Crippen LogP contribution < -0.4 is 5.32 Å². The third-order valence-corrected chi connectivity index (χ3v) is 2.89. The second-order valence-corrected chi connectivity index (χ2v) is 4.64. The quantitative estimate of drug-likeness (QED) is 0.845. The van der Waals surface area contributed by atoms with Crippen molar-refractivity contribution in [1.82, 2.24) is 9.97 Å². The molecule has 104 valence electrons. The van der Waals surface area contributed by atoms with Crippen LogP contribution in [-0.4, -0.2) is 27.1 Å². The molecule has 0 saturated heterocycles. The standard InChI is InChI=1S/C15H17N3O2/c1-11(7-8-14(19)20)18-13-9-16-15(17-10-13)12-5-3-2-4-6-12/h2-6,9-11,18H,7-8H2,1H3,(H,19,20). The van der Waals surface area contributed by atoms with Crippen molar-refractivity contribution in [3.8, 4) is 11.4 Å². The summed E-state index contributed by atoms with van der Waals surface area (Å²) in [5, 5.41) is 11.8. The molecule has 5 heteroatoms. The lowest BCUT2D eigenvalue weighted by atomic mass is 10.2. The van der Waals surface area contributed by atoms with E-state index in [1.165, 1.54) is 0 Å². The molecule has 2 aromatic rings. The fourth-order valence-corrected chi connectivity index (χ4v) is 1.84. The summed E-state index contributed by atoms with van der Waals surface area (Å²) in [5.41, 5.74) is 1.76. The fourth-order valence-electron chi connectivity index (χ4n) is 1.84. The minimum absolute atomic E-state index is 0.0669. The summed E-state index contributed by atoms with van der Waals surface area (Å²) >= 11 is 0. The molecule has 1 unspecified atom stereocenters. The van der Waals surface area contributed by atoms with Gasteiger partial charge >= 0.3 is 5.97 Å². The first-order valence-corrected chi connectivity index (χ1v) is 6.51. The zero-order valence-corrected chi connectivity index (χ0v) is 11.3. The Balaban J connectivity index is 1.96. The third kappa shape index (κ3) is 4.05. The summed E-state index contributed by atoms with van der Waals surface area (Å²) in [5.74, 6) is -0.108. The SMILES string of the molecule is CC(CCC(=O)O)Nc1cnc(-c2ccccc2)nc1. The van der Waals surface area contributed by atoms with Crippen LogP contribution in [0, 0.1) is 0 Å². The molecular formula is C15H17N3O2. The number of carboxylic acids is 1. The lowest BCUT2D eigenvalue weighted by molar-refractivity contribution is -0.137. The van der Waals surface area contributed by atoms with Gasteiger partial charge in [-0.05, 0) is 13.3 Å². The number of aromatic nitrogens is 2. The normalized spacial score (nSPS) is 11.8. The van der Waals surface area contributed by atoms with Gasteiger partial charge in [0.1, 0.15) is 0 Å². The van der Waals surface area contributed by atoms with E-state index in [0.717, 1.165) is 11.3 Å². The molecule has 20 heavy (non-hydrogen) atoms. The number of carboxylic acid groups (broad SMARTS) is 1. The lowest BCUT2D eigenvalue weighted by Crippen LogP contribution is -2.16. The van der Waals surface area contributed by atoms with Crippen LogP contribution in [0.15, 0.2) is 42.7 Å². The van der Waals surface area contributed by atoms with Gasteiger partial charge in [-0.15, -0.1) is 0 Å². The van der Waals surface area contributed by atoms with Crippen LogP contribution in [0.5, 0.6) is 0 Å². The van der Waals surface area contributed by atoms with E-state index < -0.39 is 5.97 Å². The van der Waals surface area contributed by atoms with Gasteiger partial charge in [-0.1, -0.05) is 30.3 Å². The van der Waals surface area contributed by atoms with Crippen molar-refractivity contribution in [1.29, 1.82) is 0 Å². The molecule has 2 rings (SSSR count). The molecule has 0 bridgehead atoms. The zero-order valence-electron chi connectivity index (χ0n) is 11.3. The predicted octanol–water partition coefficient (Wildman–Crippen LogP) is 2.81. The Morgan fingerprint density at radius 2 is 1.90 bits per heavy atom. The molecule has 1 atom stereocenters. The van der Waals surface area contributed by atoms with E-state index in [9.17, 15) is 4.79 Å². The van der Waals surface area contributed by atoms with Crippen LogP contribution in [0.2, 0.25) is 0 Å². The predicted molar refractivity (Wildman–Crippen MR) is 77.4 cm³/mol. The maximum Gasteiger partial charge on any atom is 0.303 e. The van der Waals surface area contributed by atoms with E-state index >= 15 is 0 Å². The van der Waals surface area contributed by atoms with Gasteiger partial charge < -0.3 is 10.4 Å². The Labute approximate surface area is 117 Å². The van der Waals surface area contributed by atoms with E-state index in [2.05, 4.69) is 15.3 Å². The first kappa shape index (κ1) is 14.0. The van der Waals surface area contributed by atoms with Gasteiger partial charge in [0.05, 0.1) is 18.1 Å². The molecule has 1 aromatic heterocycles. The van der Waals surface area contributed by atoms with E-state index in [-0.39, 0.29) is 12.5 Å². The van der Waals surface area contributed by atoms with Crippen LogP contribution in [0.1, 0.15) is 19.8 Å². The first-order valence-electron chi connectivity index (χ1n) is 6.51. The van der Waals surface area contributed by atoms with Crippen molar-refractivity contribution in [2.45, 2.75) is 25.8 Å². The minimum Gasteiger partial charge on any atom is -0.481 e. The second-order valence-electron chi connectivity index (χ2n) is 4.64. The molecule has 0 aliphatic heterocycles. The number of hydrogen-bond acceptors (Lipinski definition) is 4. The molecule has 1 heterocycles. The molecule has 0 fully saturated rings. The summed E-state index contributed by atoms with van der Waals surface area (Å²) < 4.78 is 0. The highest BCUT2D eigenvalue weighted by atomic mass is 16.4. The summed E-state index contributed by atoms with van der Waals surface area (Å²) in [6.45, 7) is 1.94. The molecule has 0 amide bonds. The summed E-state index contributed by atoms with van der Waals surface area (Å²) in [4.78, 5) is 19.1. The number of carbonyl (C=O) groups is 1. The molecule has 0 spiro atoms. The lowest BCUT2D eigenvalue weighted by Gasteiger charge is -2.13. The summed E-state index contributed by atoms with van der Waals surface area (Å²) in [7, 11) is 0. The van der Waals surface area contributed by atoms with Crippen LogP contribution in [0.4, 0.5) is 5.69 Å². The zero-order chi connectivity index (χ0) is 14.4. The van der Waals surface area contributed by atoms with E-state index in [1.54, 1.807) is 12.4 Å². The topological polar surface area (TPSA) is 75.1 Å². The largest absolute Gasteiger partial charge is 0.481 e. The van der Waals surface area contributed by atoms with Crippen molar-refractivity contribution < 1.29 is 9.90 Å². The van der Waals surface area contributed by atoms with Crippen LogP contribution in [-0.2, 0) is 4.79 Å². The van der Waals surface area contributed by atoms with Gasteiger partial charge in [-0.3, -0.25) is 4.79 Å². The van der Waals surface area contributed by atoms with Gasteiger partial charge in [0, 0.05) is 18.0 Å². The van der Waals surface area contributed by atoms with Crippen LogP contribution in [0.3, 0.4) is 0 Å². The Morgan fingerprint density at radius 1 is 1.25 bits per heavy atom. The van der Waals surface area contributed by atoms with Crippen molar-refractivity contribution in [2.75, 3.05) is 5.32 Å². The van der Waals surface area contributed by atoms with Gasteiger partial charge in [0.25, 0.3) is 0 Å². The molecule has 0 saturated carbocycles. The average Bonchev–Trinajstić information content (AvgIpc) is 2.47. The molecule has 5 nitrogen and oxygen atoms in total. The van der Waals surface area contributed by atoms with Crippen molar-refractivity contribution >= 4 is 11.7 Å². The van der Waals surface area contributed by atoms with Crippen molar-refractivity contribution in [3.63, 3.8) is 0 Å². The second kappa shape index (κ2) is 6.65. The maximum atomic E-state index is 10.5. The molecule has 0 radical (unpaired) electrons. The Bertz CT molecular complexity index is 555. The van der Waals surface area contributed by atoms with Gasteiger partial charge in [0.15, 0.2) is 5.82 Å². The molecule has 0 aliphatic carbocycles. The smallest absolute Gasteiger partial charge is 0.303 e. The first-order chi connectivity index (χ1) is 9.65. The average molecular weight is 271 g/mol. The molecular weight excluding hydrogens is 254 g/mol. The van der Waals surface area contributed by atoms with E-state index in [0.29, 0.717) is 12.2 Å².